The van der Waals surface area contributed by atoms with Gasteiger partial charge in [-0.05, 0) is 47.7 Å². The molecule has 1 heterocycles. The number of rotatable bonds is 8. The van der Waals surface area contributed by atoms with E-state index >= 15 is 0 Å². The van der Waals surface area contributed by atoms with Gasteiger partial charge in [-0.3, -0.25) is 4.79 Å². The van der Waals surface area contributed by atoms with Crippen LogP contribution >= 0.6 is 11.8 Å². The average molecular weight is 443 g/mol. The van der Waals surface area contributed by atoms with Crippen LogP contribution in [0, 0.1) is 0 Å². The van der Waals surface area contributed by atoms with Gasteiger partial charge in [0.2, 0.25) is 5.91 Å². The van der Waals surface area contributed by atoms with Gasteiger partial charge in [-0.1, -0.05) is 78.5 Å². The summed E-state index contributed by atoms with van der Waals surface area (Å²) in [5.74, 6) is 1.86. The SMILES string of the molecule is CC(NC(=O)CSc1nnc(C2CC2)n1Cc1ccccc1)c1ccc2ccccc2c1. The van der Waals surface area contributed by atoms with Crippen LogP contribution < -0.4 is 5.32 Å². The Morgan fingerprint density at radius 3 is 2.56 bits per heavy atom. The van der Waals surface area contributed by atoms with Crippen LogP contribution in [0.1, 0.15) is 48.7 Å². The smallest absolute Gasteiger partial charge is 0.230 e. The molecular formula is C26H26N4OS. The Labute approximate surface area is 192 Å². The molecular weight excluding hydrogens is 416 g/mol. The maximum absolute atomic E-state index is 12.7. The normalized spacial score (nSPS) is 14.4. The number of nitrogens with one attached hydrogen (secondary N) is 1. The molecule has 0 bridgehead atoms. The van der Waals surface area contributed by atoms with Crippen molar-refractivity contribution in [3.63, 3.8) is 0 Å². The standard InChI is InChI=1S/C26H26N4OS/c1-18(22-14-11-20-9-5-6-10-23(20)15-22)27-24(31)17-32-26-29-28-25(21-12-13-21)30(26)16-19-7-3-2-4-8-19/h2-11,14-15,18,21H,12-13,16-17H2,1H3,(H,27,31). The number of hydrogen-bond donors (Lipinski definition) is 1. The molecule has 162 valence electrons. The molecule has 4 aromatic rings. The fourth-order valence-corrected chi connectivity index (χ4v) is 4.69. The summed E-state index contributed by atoms with van der Waals surface area (Å²) in [6.07, 6.45) is 2.34. The second-order valence-corrected chi connectivity index (χ2v) is 9.31. The van der Waals surface area contributed by atoms with Gasteiger partial charge in [0.05, 0.1) is 18.3 Å². The second kappa shape index (κ2) is 9.17. The maximum atomic E-state index is 12.7. The molecule has 1 aliphatic carbocycles. The van der Waals surface area contributed by atoms with E-state index in [1.807, 2.05) is 37.3 Å². The molecule has 0 aliphatic heterocycles. The number of thioether (sulfide) groups is 1. The highest BCUT2D eigenvalue weighted by atomic mass is 32.2. The van der Waals surface area contributed by atoms with Crippen molar-refractivity contribution in [3.05, 3.63) is 89.7 Å². The van der Waals surface area contributed by atoms with Gasteiger partial charge in [-0.2, -0.15) is 0 Å². The summed E-state index contributed by atoms with van der Waals surface area (Å²) in [5, 5.41) is 15.2. The number of carbonyl (C=O) groups is 1. The lowest BCUT2D eigenvalue weighted by Gasteiger charge is -2.15. The maximum Gasteiger partial charge on any atom is 0.230 e. The number of carbonyl (C=O) groups excluding carboxylic acids is 1. The lowest BCUT2D eigenvalue weighted by atomic mass is 10.0. The molecule has 1 saturated carbocycles. The first-order valence-corrected chi connectivity index (χ1v) is 12.0. The molecule has 3 aromatic carbocycles. The predicted octanol–water partition coefficient (Wildman–Crippen LogP) is 5.33. The van der Waals surface area contributed by atoms with Crippen LogP contribution in [0.15, 0.2) is 78.0 Å². The number of fused-ring (bicyclic) bond motifs is 1. The molecule has 1 aromatic heterocycles. The second-order valence-electron chi connectivity index (χ2n) is 8.37. The topological polar surface area (TPSA) is 59.8 Å². The quantitative estimate of drug-likeness (QED) is 0.375. The minimum atomic E-state index is -0.0584. The molecule has 0 spiro atoms. The summed E-state index contributed by atoms with van der Waals surface area (Å²) in [5.41, 5.74) is 2.32. The van der Waals surface area contributed by atoms with Gasteiger partial charge in [0, 0.05) is 5.92 Å². The van der Waals surface area contributed by atoms with Crippen molar-refractivity contribution in [2.24, 2.45) is 0 Å². The third-order valence-corrected chi connectivity index (χ3v) is 6.82. The monoisotopic (exact) mass is 442 g/mol. The lowest BCUT2D eigenvalue weighted by Crippen LogP contribution is -2.28. The minimum absolute atomic E-state index is 0.00195. The highest BCUT2D eigenvalue weighted by Crippen LogP contribution is 2.40. The van der Waals surface area contributed by atoms with Gasteiger partial charge in [-0.15, -0.1) is 10.2 Å². The summed E-state index contributed by atoms with van der Waals surface area (Å²) in [6.45, 7) is 2.76. The summed E-state index contributed by atoms with van der Waals surface area (Å²) >= 11 is 1.46. The van der Waals surface area contributed by atoms with Crippen molar-refractivity contribution in [2.75, 3.05) is 5.75 Å². The van der Waals surface area contributed by atoms with Crippen LogP contribution in [0.4, 0.5) is 0 Å². The Hall–Kier alpha value is -3.12. The highest BCUT2D eigenvalue weighted by Gasteiger charge is 2.30. The Kier molecular flexibility index (Phi) is 5.95. The Balaban J connectivity index is 1.24. The molecule has 32 heavy (non-hydrogen) atoms. The molecule has 1 fully saturated rings. The van der Waals surface area contributed by atoms with Gasteiger partial charge < -0.3 is 9.88 Å². The van der Waals surface area contributed by atoms with E-state index in [2.05, 4.69) is 62.5 Å². The number of amides is 1. The first-order valence-electron chi connectivity index (χ1n) is 11.1. The van der Waals surface area contributed by atoms with Crippen molar-refractivity contribution in [3.8, 4) is 0 Å². The van der Waals surface area contributed by atoms with Crippen LogP contribution in [-0.4, -0.2) is 26.4 Å². The molecule has 1 unspecified atom stereocenters. The van der Waals surface area contributed by atoms with E-state index in [-0.39, 0.29) is 11.9 Å². The molecule has 0 radical (unpaired) electrons. The van der Waals surface area contributed by atoms with Crippen LogP contribution in [0.25, 0.3) is 10.8 Å². The Morgan fingerprint density at radius 1 is 1.03 bits per heavy atom. The molecule has 1 atom stereocenters. The van der Waals surface area contributed by atoms with Crippen molar-refractivity contribution < 1.29 is 4.79 Å². The van der Waals surface area contributed by atoms with Gasteiger partial charge >= 0.3 is 0 Å². The summed E-state index contributed by atoms with van der Waals surface area (Å²) in [4.78, 5) is 12.7. The van der Waals surface area contributed by atoms with E-state index in [0.717, 1.165) is 23.1 Å². The summed E-state index contributed by atoms with van der Waals surface area (Å²) in [7, 11) is 0. The van der Waals surface area contributed by atoms with Gasteiger partial charge in [0.15, 0.2) is 5.16 Å². The van der Waals surface area contributed by atoms with Gasteiger partial charge in [-0.25, -0.2) is 0 Å². The van der Waals surface area contributed by atoms with Crippen molar-refractivity contribution in [1.82, 2.24) is 20.1 Å². The zero-order chi connectivity index (χ0) is 21.9. The third-order valence-electron chi connectivity index (χ3n) is 5.85. The van der Waals surface area contributed by atoms with Crippen molar-refractivity contribution in [1.29, 1.82) is 0 Å². The lowest BCUT2D eigenvalue weighted by molar-refractivity contribution is -0.119. The van der Waals surface area contributed by atoms with E-state index in [1.165, 1.54) is 40.9 Å². The van der Waals surface area contributed by atoms with E-state index < -0.39 is 0 Å². The molecule has 1 aliphatic rings. The first kappa shape index (κ1) is 20.8. The third kappa shape index (κ3) is 4.70. The van der Waals surface area contributed by atoms with Crippen molar-refractivity contribution >= 4 is 28.4 Å². The molecule has 5 rings (SSSR count). The molecule has 6 heteroatoms. The van der Waals surface area contributed by atoms with Crippen LogP contribution in [0.5, 0.6) is 0 Å². The van der Waals surface area contributed by atoms with E-state index in [0.29, 0.717) is 11.7 Å². The highest BCUT2D eigenvalue weighted by molar-refractivity contribution is 7.99. The molecule has 1 amide bonds. The minimum Gasteiger partial charge on any atom is -0.349 e. The number of nitrogens with zero attached hydrogens (tertiary/aromatic N) is 3. The molecule has 0 saturated heterocycles. The Bertz CT molecular complexity index is 1230. The van der Waals surface area contributed by atoms with Gasteiger partial charge in [0.25, 0.3) is 0 Å². The number of hydrogen-bond acceptors (Lipinski definition) is 4. The van der Waals surface area contributed by atoms with E-state index in [1.54, 1.807) is 0 Å². The van der Waals surface area contributed by atoms with Crippen LogP contribution in [-0.2, 0) is 11.3 Å². The van der Waals surface area contributed by atoms with Crippen LogP contribution in [0.3, 0.4) is 0 Å². The van der Waals surface area contributed by atoms with E-state index in [9.17, 15) is 4.79 Å². The molecule has 5 nitrogen and oxygen atoms in total. The largest absolute Gasteiger partial charge is 0.349 e. The zero-order valence-corrected chi connectivity index (χ0v) is 18.9. The van der Waals surface area contributed by atoms with Crippen molar-refractivity contribution in [2.45, 2.75) is 43.4 Å². The fraction of sp³-hybridized carbons (Fsp3) is 0.269. The summed E-state index contributed by atoms with van der Waals surface area (Å²) in [6, 6.07) is 24.9. The zero-order valence-electron chi connectivity index (χ0n) is 18.1. The van der Waals surface area contributed by atoms with E-state index in [4.69, 9.17) is 0 Å². The fourth-order valence-electron chi connectivity index (χ4n) is 3.94. The van der Waals surface area contributed by atoms with Crippen LogP contribution in [0.2, 0.25) is 0 Å². The predicted molar refractivity (Wildman–Crippen MR) is 129 cm³/mol. The average Bonchev–Trinajstić information content (AvgIpc) is 3.59. The first-order chi connectivity index (χ1) is 15.7. The summed E-state index contributed by atoms with van der Waals surface area (Å²) < 4.78 is 2.18. The Morgan fingerprint density at radius 2 is 1.78 bits per heavy atom. The number of aromatic nitrogens is 3. The van der Waals surface area contributed by atoms with Gasteiger partial charge in [0.1, 0.15) is 5.82 Å². The number of benzene rings is 3. The molecule has 1 N–H and O–H groups in total.